The van der Waals surface area contributed by atoms with E-state index in [2.05, 4.69) is 25.7 Å². The van der Waals surface area contributed by atoms with E-state index in [4.69, 9.17) is 4.74 Å². The molecule has 0 bridgehead atoms. The lowest BCUT2D eigenvalue weighted by Crippen LogP contribution is -2.23. The van der Waals surface area contributed by atoms with E-state index in [1.54, 1.807) is 7.05 Å². The van der Waals surface area contributed by atoms with Crippen LogP contribution in [0.25, 0.3) is 16.6 Å². The van der Waals surface area contributed by atoms with Gasteiger partial charge in [0.2, 0.25) is 5.90 Å². The zero-order chi connectivity index (χ0) is 23.5. The maximum Gasteiger partial charge on any atom is 0.368 e. The number of hydrogen-bond acceptors (Lipinski definition) is 7. The summed E-state index contributed by atoms with van der Waals surface area (Å²) in [5.41, 5.74) is 4.62. The van der Waals surface area contributed by atoms with Crippen LogP contribution >= 0.6 is 0 Å². The number of fused-ring (bicyclic) bond motifs is 1. The quantitative estimate of drug-likeness (QED) is 0.257. The van der Waals surface area contributed by atoms with Gasteiger partial charge in [-0.1, -0.05) is 37.3 Å². The Kier molecular flexibility index (Phi) is 6.16. The molecule has 2 aromatic carbocycles. The zero-order valence-corrected chi connectivity index (χ0v) is 19.3. The van der Waals surface area contributed by atoms with Crippen molar-refractivity contribution in [2.24, 2.45) is 24.3 Å². The van der Waals surface area contributed by atoms with Crippen molar-refractivity contribution in [1.29, 1.82) is 0 Å². The lowest BCUT2D eigenvalue weighted by molar-refractivity contribution is 0.282. The minimum atomic E-state index is -0.325. The van der Waals surface area contributed by atoms with Crippen molar-refractivity contribution in [2.45, 2.75) is 33.8 Å². The molecule has 0 aliphatic carbocycles. The van der Waals surface area contributed by atoms with Crippen LogP contribution in [-0.2, 0) is 25.4 Å². The highest BCUT2D eigenvalue weighted by Gasteiger charge is 2.14. The van der Waals surface area contributed by atoms with Crippen LogP contribution in [0, 0.1) is 6.92 Å². The highest BCUT2D eigenvalue weighted by Crippen LogP contribution is 2.20. The SMILES string of the molecule is CCC(=NN=C(C)c1nn(C)c2ccccc12)OCc1c(C)cccc1-n1nnn(C)c1=O. The Morgan fingerprint density at radius 3 is 2.55 bits per heavy atom. The number of hydrogen-bond donors (Lipinski definition) is 0. The van der Waals surface area contributed by atoms with E-state index in [-0.39, 0.29) is 12.3 Å². The van der Waals surface area contributed by atoms with Crippen molar-refractivity contribution in [2.75, 3.05) is 0 Å². The van der Waals surface area contributed by atoms with Crippen LogP contribution < -0.4 is 5.69 Å². The molecule has 4 aromatic rings. The fourth-order valence-corrected chi connectivity index (χ4v) is 3.55. The number of aromatic nitrogens is 6. The Labute approximate surface area is 190 Å². The molecule has 2 aromatic heterocycles. The molecular weight excluding hydrogens is 420 g/mol. The van der Waals surface area contributed by atoms with E-state index in [9.17, 15) is 4.79 Å². The van der Waals surface area contributed by atoms with Gasteiger partial charge in [-0.3, -0.25) is 4.68 Å². The van der Waals surface area contributed by atoms with Crippen molar-refractivity contribution in [3.63, 3.8) is 0 Å². The van der Waals surface area contributed by atoms with Crippen molar-refractivity contribution < 1.29 is 4.74 Å². The van der Waals surface area contributed by atoms with Crippen molar-refractivity contribution >= 4 is 22.5 Å². The Bertz CT molecular complexity index is 1420. The lowest BCUT2D eigenvalue weighted by atomic mass is 10.1. The molecule has 4 rings (SSSR count). The second kappa shape index (κ2) is 9.19. The van der Waals surface area contributed by atoms with Crippen LogP contribution in [0.15, 0.2) is 57.5 Å². The fraction of sp³-hybridized carbons (Fsp3) is 0.304. The molecule has 2 heterocycles. The number of benzene rings is 2. The van der Waals surface area contributed by atoms with Crippen LogP contribution in [0.4, 0.5) is 0 Å². The van der Waals surface area contributed by atoms with E-state index in [1.807, 2.05) is 75.0 Å². The highest BCUT2D eigenvalue weighted by atomic mass is 16.5. The second-order valence-corrected chi connectivity index (χ2v) is 7.68. The topological polar surface area (TPSA) is 104 Å². The van der Waals surface area contributed by atoms with Gasteiger partial charge in [-0.15, -0.1) is 5.10 Å². The van der Waals surface area contributed by atoms with E-state index in [0.717, 1.165) is 27.7 Å². The first-order valence-corrected chi connectivity index (χ1v) is 10.6. The summed E-state index contributed by atoms with van der Waals surface area (Å²) < 4.78 is 10.3. The van der Waals surface area contributed by atoms with Crippen molar-refractivity contribution in [3.8, 4) is 5.69 Å². The Morgan fingerprint density at radius 1 is 1.03 bits per heavy atom. The van der Waals surface area contributed by atoms with Crippen LogP contribution in [0.5, 0.6) is 0 Å². The molecule has 0 saturated heterocycles. The normalized spacial score (nSPS) is 12.5. The van der Waals surface area contributed by atoms with Crippen molar-refractivity contribution in [3.05, 3.63) is 69.8 Å². The van der Waals surface area contributed by atoms with Gasteiger partial charge < -0.3 is 4.74 Å². The summed E-state index contributed by atoms with van der Waals surface area (Å²) in [5, 5.41) is 22.1. The molecule has 0 N–H and O–H groups in total. The van der Waals surface area contributed by atoms with Gasteiger partial charge in [-0.05, 0) is 42.0 Å². The summed E-state index contributed by atoms with van der Waals surface area (Å²) in [5.74, 6) is 0.482. The summed E-state index contributed by atoms with van der Waals surface area (Å²) in [6.45, 7) is 6.01. The molecule has 0 aliphatic heterocycles. The monoisotopic (exact) mass is 446 g/mol. The van der Waals surface area contributed by atoms with Gasteiger partial charge in [0.1, 0.15) is 12.3 Å². The predicted molar refractivity (Wildman–Crippen MR) is 127 cm³/mol. The largest absolute Gasteiger partial charge is 0.475 e. The third-order valence-electron chi connectivity index (χ3n) is 5.43. The van der Waals surface area contributed by atoms with Gasteiger partial charge >= 0.3 is 5.69 Å². The zero-order valence-electron chi connectivity index (χ0n) is 19.3. The Morgan fingerprint density at radius 2 is 1.82 bits per heavy atom. The van der Waals surface area contributed by atoms with Gasteiger partial charge in [0.15, 0.2) is 0 Å². The molecule has 0 saturated carbocycles. The maximum atomic E-state index is 12.3. The molecule has 0 unspecified atom stereocenters. The van der Waals surface area contributed by atoms with Gasteiger partial charge in [-0.2, -0.15) is 19.6 Å². The fourth-order valence-electron chi connectivity index (χ4n) is 3.55. The molecule has 10 heteroatoms. The minimum Gasteiger partial charge on any atom is -0.475 e. The molecule has 0 radical (unpaired) electrons. The molecule has 170 valence electrons. The van der Waals surface area contributed by atoms with E-state index in [1.165, 1.54) is 9.36 Å². The number of ether oxygens (including phenoxy) is 1. The van der Waals surface area contributed by atoms with E-state index < -0.39 is 0 Å². The van der Waals surface area contributed by atoms with Crippen molar-refractivity contribution in [1.82, 2.24) is 29.6 Å². The summed E-state index contributed by atoms with van der Waals surface area (Å²) in [6.07, 6.45) is 0.562. The summed E-state index contributed by atoms with van der Waals surface area (Å²) in [6, 6.07) is 13.6. The summed E-state index contributed by atoms with van der Waals surface area (Å²) in [7, 11) is 3.47. The second-order valence-electron chi connectivity index (χ2n) is 7.68. The summed E-state index contributed by atoms with van der Waals surface area (Å²) >= 11 is 0. The predicted octanol–water partition coefficient (Wildman–Crippen LogP) is 2.91. The van der Waals surface area contributed by atoms with Crippen LogP contribution in [0.2, 0.25) is 0 Å². The first kappa shape index (κ1) is 22.1. The summed E-state index contributed by atoms with van der Waals surface area (Å²) in [4.78, 5) is 12.3. The average Bonchev–Trinajstić information content (AvgIpc) is 3.33. The van der Waals surface area contributed by atoms with Gasteiger partial charge in [-0.25, -0.2) is 4.79 Å². The average molecular weight is 447 g/mol. The van der Waals surface area contributed by atoms with Gasteiger partial charge in [0.25, 0.3) is 0 Å². The van der Waals surface area contributed by atoms with Crippen LogP contribution in [0.1, 0.15) is 37.1 Å². The molecular formula is C23H26N8O2. The first-order valence-electron chi connectivity index (χ1n) is 10.6. The maximum absolute atomic E-state index is 12.3. The number of aryl methyl sites for hydroxylation is 3. The molecule has 0 atom stereocenters. The standard InChI is InChI=1S/C23H26N8O2/c1-6-21(25-24-16(3)22-17-11-7-8-12-19(17)29(4)26-22)33-14-18-15(2)10-9-13-20(18)31-23(32)30(5)27-28-31/h7-13H,6,14H2,1-5H3. The third-order valence-corrected chi connectivity index (χ3v) is 5.43. The number of rotatable bonds is 6. The molecule has 0 spiro atoms. The molecule has 10 nitrogen and oxygen atoms in total. The smallest absolute Gasteiger partial charge is 0.368 e. The molecule has 0 amide bonds. The number of tetrazole rings is 1. The molecule has 33 heavy (non-hydrogen) atoms. The van der Waals surface area contributed by atoms with Gasteiger partial charge in [0.05, 0.1) is 16.9 Å². The minimum absolute atomic E-state index is 0.221. The van der Waals surface area contributed by atoms with E-state index >= 15 is 0 Å². The van der Waals surface area contributed by atoms with Gasteiger partial charge in [0, 0.05) is 31.5 Å². The highest BCUT2D eigenvalue weighted by molar-refractivity contribution is 6.07. The third kappa shape index (κ3) is 4.32. The van der Waals surface area contributed by atoms with E-state index in [0.29, 0.717) is 23.7 Å². The first-order chi connectivity index (χ1) is 15.9. The van der Waals surface area contributed by atoms with Crippen LogP contribution in [0.3, 0.4) is 0 Å². The Balaban J connectivity index is 1.59. The molecule has 0 aliphatic rings. The lowest BCUT2D eigenvalue weighted by Gasteiger charge is -2.13. The number of nitrogens with zero attached hydrogens (tertiary/aromatic N) is 8. The Hall–Kier alpha value is -4.08. The number of para-hydroxylation sites is 1. The van der Waals surface area contributed by atoms with Crippen LogP contribution in [-0.4, -0.2) is 41.2 Å². The molecule has 0 fully saturated rings.